The SMILES string of the molecule is CC/C=C\C/C=C\C/C=C\C/C=C\C/C=C\CCCCCCCC(=O)OCC(COC(=O)CCCCCCCCCCCCCCCCCCCC)OC(=O)CCCCCCCCCCC/C=C\CCCCCCCC. The summed E-state index contributed by atoms with van der Waals surface area (Å²) in [6, 6.07) is 0. The van der Waals surface area contributed by atoms with Gasteiger partial charge >= 0.3 is 17.9 Å². The van der Waals surface area contributed by atoms with Crippen LogP contribution in [0.25, 0.3) is 0 Å². The van der Waals surface area contributed by atoms with Gasteiger partial charge in [0.15, 0.2) is 6.10 Å². The van der Waals surface area contributed by atoms with Gasteiger partial charge in [-0.3, -0.25) is 14.4 Å². The number of carbonyl (C=O) groups is 3. The lowest BCUT2D eigenvalue weighted by Crippen LogP contribution is -2.30. The molecule has 6 nitrogen and oxygen atoms in total. The Morgan fingerprint density at radius 1 is 0.276 bits per heavy atom. The van der Waals surface area contributed by atoms with Gasteiger partial charge < -0.3 is 14.2 Å². The second kappa shape index (κ2) is 64.4. The predicted molar refractivity (Wildman–Crippen MR) is 330 cm³/mol. The molecule has 0 aliphatic heterocycles. The highest BCUT2D eigenvalue weighted by atomic mass is 16.6. The zero-order valence-corrected chi connectivity index (χ0v) is 50.5. The third kappa shape index (κ3) is 61.7. The maximum Gasteiger partial charge on any atom is 0.306 e. The van der Waals surface area contributed by atoms with E-state index in [0.29, 0.717) is 19.3 Å². The minimum atomic E-state index is -0.785. The first-order chi connectivity index (χ1) is 37.5. The molecule has 0 saturated carbocycles. The molecule has 0 aromatic heterocycles. The number of ether oxygens (including phenoxy) is 3. The fourth-order valence-electron chi connectivity index (χ4n) is 9.53. The smallest absolute Gasteiger partial charge is 0.306 e. The van der Waals surface area contributed by atoms with Crippen LogP contribution in [0.1, 0.15) is 335 Å². The van der Waals surface area contributed by atoms with Crippen molar-refractivity contribution in [2.75, 3.05) is 13.2 Å². The summed E-state index contributed by atoms with van der Waals surface area (Å²) in [5.74, 6) is -0.882. The minimum absolute atomic E-state index is 0.0791. The summed E-state index contributed by atoms with van der Waals surface area (Å²) in [6.45, 7) is 6.56. The normalized spacial score (nSPS) is 12.5. The van der Waals surface area contributed by atoms with Crippen molar-refractivity contribution >= 4 is 17.9 Å². The Hall–Kier alpha value is -3.15. The van der Waals surface area contributed by atoms with Crippen LogP contribution in [0.5, 0.6) is 0 Å². The summed E-state index contributed by atoms with van der Waals surface area (Å²) in [7, 11) is 0. The molecule has 0 bridgehead atoms. The first kappa shape index (κ1) is 72.8. The highest BCUT2D eigenvalue weighted by Gasteiger charge is 2.19. The molecule has 0 saturated heterocycles. The molecule has 1 atom stereocenters. The largest absolute Gasteiger partial charge is 0.462 e. The summed E-state index contributed by atoms with van der Waals surface area (Å²) in [6.07, 6.45) is 83.3. The molecule has 0 radical (unpaired) electrons. The highest BCUT2D eigenvalue weighted by molar-refractivity contribution is 5.71. The lowest BCUT2D eigenvalue weighted by molar-refractivity contribution is -0.167. The lowest BCUT2D eigenvalue weighted by Gasteiger charge is -2.18. The Balaban J connectivity index is 4.39. The maximum absolute atomic E-state index is 12.9. The zero-order chi connectivity index (χ0) is 55.0. The molecular weight excluding hydrogens is 937 g/mol. The van der Waals surface area contributed by atoms with E-state index in [1.807, 2.05) is 0 Å². The van der Waals surface area contributed by atoms with Crippen LogP contribution in [0, 0.1) is 0 Å². The Bertz CT molecular complexity index is 1400. The fraction of sp³-hybridized carbons (Fsp3) is 0.786. The molecule has 0 aromatic rings. The molecule has 0 rings (SSSR count). The molecule has 0 fully saturated rings. The maximum atomic E-state index is 12.9. The van der Waals surface area contributed by atoms with E-state index >= 15 is 0 Å². The Kier molecular flexibility index (Phi) is 61.7. The number of hydrogen-bond donors (Lipinski definition) is 0. The number of unbranched alkanes of at least 4 members (excludes halogenated alkanes) is 37. The molecule has 0 aliphatic carbocycles. The van der Waals surface area contributed by atoms with E-state index in [1.165, 1.54) is 186 Å². The topological polar surface area (TPSA) is 78.9 Å². The van der Waals surface area contributed by atoms with Crippen molar-refractivity contribution in [3.63, 3.8) is 0 Å². The van der Waals surface area contributed by atoms with Crippen molar-refractivity contribution in [1.82, 2.24) is 0 Å². The van der Waals surface area contributed by atoms with Crippen molar-refractivity contribution < 1.29 is 28.6 Å². The molecule has 0 amide bonds. The third-order valence-electron chi connectivity index (χ3n) is 14.4. The summed E-state index contributed by atoms with van der Waals surface area (Å²) >= 11 is 0. The number of rotatable bonds is 60. The van der Waals surface area contributed by atoms with Crippen molar-refractivity contribution in [3.05, 3.63) is 72.9 Å². The van der Waals surface area contributed by atoms with Gasteiger partial charge in [-0.15, -0.1) is 0 Å². The molecule has 440 valence electrons. The van der Waals surface area contributed by atoms with Gasteiger partial charge in [0.25, 0.3) is 0 Å². The Morgan fingerprint density at radius 3 is 0.816 bits per heavy atom. The van der Waals surface area contributed by atoms with Crippen LogP contribution in [0.2, 0.25) is 0 Å². The van der Waals surface area contributed by atoms with Crippen LogP contribution >= 0.6 is 0 Å². The van der Waals surface area contributed by atoms with Crippen LogP contribution < -0.4 is 0 Å². The number of hydrogen-bond acceptors (Lipinski definition) is 6. The van der Waals surface area contributed by atoms with Crippen molar-refractivity contribution in [1.29, 1.82) is 0 Å². The first-order valence-electron chi connectivity index (χ1n) is 32.9. The minimum Gasteiger partial charge on any atom is -0.462 e. The van der Waals surface area contributed by atoms with Gasteiger partial charge in [-0.25, -0.2) is 0 Å². The second-order valence-electron chi connectivity index (χ2n) is 22.0. The van der Waals surface area contributed by atoms with Crippen LogP contribution in [0.4, 0.5) is 0 Å². The molecule has 0 heterocycles. The van der Waals surface area contributed by atoms with Crippen LogP contribution in [-0.4, -0.2) is 37.2 Å². The van der Waals surface area contributed by atoms with E-state index in [1.54, 1.807) is 0 Å². The van der Waals surface area contributed by atoms with Gasteiger partial charge in [-0.1, -0.05) is 299 Å². The zero-order valence-electron chi connectivity index (χ0n) is 50.5. The number of carbonyl (C=O) groups excluding carboxylic acids is 3. The molecule has 1 unspecified atom stereocenters. The highest BCUT2D eigenvalue weighted by Crippen LogP contribution is 2.17. The van der Waals surface area contributed by atoms with E-state index < -0.39 is 6.10 Å². The lowest BCUT2D eigenvalue weighted by atomic mass is 10.0. The van der Waals surface area contributed by atoms with Gasteiger partial charge in [0.05, 0.1) is 0 Å². The van der Waals surface area contributed by atoms with Crippen LogP contribution in [0.15, 0.2) is 72.9 Å². The van der Waals surface area contributed by atoms with Gasteiger partial charge in [0.2, 0.25) is 0 Å². The van der Waals surface area contributed by atoms with Crippen LogP contribution in [0.3, 0.4) is 0 Å². The summed E-state index contributed by atoms with van der Waals surface area (Å²) in [5, 5.41) is 0. The van der Waals surface area contributed by atoms with Crippen molar-refractivity contribution in [3.8, 4) is 0 Å². The van der Waals surface area contributed by atoms with Gasteiger partial charge in [-0.05, 0) is 89.9 Å². The van der Waals surface area contributed by atoms with E-state index in [0.717, 1.165) is 109 Å². The van der Waals surface area contributed by atoms with E-state index in [-0.39, 0.29) is 31.1 Å². The second-order valence-corrected chi connectivity index (χ2v) is 22.0. The summed E-state index contributed by atoms with van der Waals surface area (Å²) < 4.78 is 17.0. The summed E-state index contributed by atoms with van der Waals surface area (Å²) in [4.78, 5) is 38.4. The molecule has 0 aromatic carbocycles. The first-order valence-corrected chi connectivity index (χ1v) is 32.9. The molecule has 0 aliphatic rings. The molecule has 76 heavy (non-hydrogen) atoms. The van der Waals surface area contributed by atoms with Gasteiger partial charge in [0, 0.05) is 19.3 Å². The average molecular weight is 1060 g/mol. The van der Waals surface area contributed by atoms with E-state index in [2.05, 4.69) is 93.7 Å². The monoisotopic (exact) mass is 1060 g/mol. The van der Waals surface area contributed by atoms with Crippen LogP contribution in [-0.2, 0) is 28.6 Å². The quantitative estimate of drug-likeness (QED) is 0.0261. The Labute approximate surface area is 472 Å². The average Bonchev–Trinajstić information content (AvgIpc) is 3.42. The van der Waals surface area contributed by atoms with Gasteiger partial charge in [-0.2, -0.15) is 0 Å². The predicted octanol–water partition coefficient (Wildman–Crippen LogP) is 22.5. The standard InChI is InChI=1S/C70H124O6/c1-4-7-10-13-16-19-22-25-28-31-34-35-37-39-42-45-48-51-54-57-60-63-69(72)75-66-67(65-74-68(71)62-59-56-53-50-47-44-41-38-33-30-27-24-21-18-15-12-9-6-3)76-70(73)64-61-58-55-52-49-46-43-40-36-32-29-26-23-20-17-14-11-8-5-2/h7,10,16,19,25-26,28-29,34-35,39,42,67H,4-6,8-9,11-15,17-18,20-24,27,30-33,36-38,40-41,43-66H2,1-3H3/b10-7-,19-16-,28-25-,29-26-,35-34-,42-39-. The molecule has 0 spiro atoms. The third-order valence-corrected chi connectivity index (χ3v) is 14.4. The van der Waals surface area contributed by atoms with E-state index in [4.69, 9.17) is 14.2 Å². The number of esters is 3. The van der Waals surface area contributed by atoms with Crippen molar-refractivity contribution in [2.24, 2.45) is 0 Å². The number of allylic oxidation sites excluding steroid dienone is 12. The van der Waals surface area contributed by atoms with Crippen molar-refractivity contribution in [2.45, 2.75) is 341 Å². The molecule has 6 heteroatoms. The fourth-order valence-corrected chi connectivity index (χ4v) is 9.53. The molecule has 0 N–H and O–H groups in total. The molecular formula is C70H124O6. The summed E-state index contributed by atoms with van der Waals surface area (Å²) in [5.41, 5.74) is 0. The van der Waals surface area contributed by atoms with Gasteiger partial charge in [0.1, 0.15) is 13.2 Å². The Morgan fingerprint density at radius 2 is 0.513 bits per heavy atom. The van der Waals surface area contributed by atoms with E-state index in [9.17, 15) is 14.4 Å².